The minimum atomic E-state index is -0.0491. The predicted octanol–water partition coefficient (Wildman–Crippen LogP) is 3.67. The fraction of sp³-hybridized carbons (Fsp3) is 0.381. The van der Waals surface area contributed by atoms with Crippen molar-refractivity contribution in [2.45, 2.75) is 13.8 Å². The summed E-state index contributed by atoms with van der Waals surface area (Å²) in [6.45, 7) is 6.95. The monoisotopic (exact) mass is 369 g/mol. The van der Waals surface area contributed by atoms with E-state index in [0.717, 1.165) is 35.6 Å². The van der Waals surface area contributed by atoms with Crippen molar-refractivity contribution in [1.82, 2.24) is 4.90 Å². The van der Waals surface area contributed by atoms with Gasteiger partial charge in [-0.15, -0.1) is 0 Å². The second-order valence-electron chi connectivity index (χ2n) is 6.82. The maximum atomic E-state index is 12.6. The third kappa shape index (κ3) is 4.45. The first kappa shape index (κ1) is 18.9. The SMILES string of the molecule is COc1ccc(N2CCN(C(=O)Nc3cc(C)cc(C)c3)CC2)cc1OC. The molecule has 1 N–H and O–H groups in total. The number of hydrogen-bond acceptors (Lipinski definition) is 4. The zero-order valence-corrected chi connectivity index (χ0v) is 16.4. The van der Waals surface area contributed by atoms with Gasteiger partial charge in [-0.05, 0) is 49.2 Å². The van der Waals surface area contributed by atoms with Crippen LogP contribution in [0.2, 0.25) is 0 Å². The van der Waals surface area contributed by atoms with E-state index in [1.54, 1.807) is 14.2 Å². The van der Waals surface area contributed by atoms with Gasteiger partial charge in [0.25, 0.3) is 0 Å². The summed E-state index contributed by atoms with van der Waals surface area (Å²) in [7, 11) is 3.27. The first-order valence-electron chi connectivity index (χ1n) is 9.11. The van der Waals surface area contributed by atoms with E-state index in [9.17, 15) is 4.79 Å². The number of amides is 2. The van der Waals surface area contributed by atoms with E-state index < -0.39 is 0 Å². The van der Waals surface area contributed by atoms with Gasteiger partial charge in [0.1, 0.15) is 0 Å². The normalized spacial score (nSPS) is 14.1. The van der Waals surface area contributed by atoms with Crippen LogP contribution >= 0.6 is 0 Å². The molecule has 2 amide bonds. The molecule has 1 aliphatic heterocycles. The van der Waals surface area contributed by atoms with E-state index >= 15 is 0 Å². The largest absolute Gasteiger partial charge is 0.493 e. The highest BCUT2D eigenvalue weighted by molar-refractivity contribution is 5.89. The number of ether oxygens (including phenoxy) is 2. The molecule has 0 spiro atoms. The zero-order valence-electron chi connectivity index (χ0n) is 16.4. The molecule has 1 heterocycles. The highest BCUT2D eigenvalue weighted by atomic mass is 16.5. The van der Waals surface area contributed by atoms with E-state index in [1.807, 2.05) is 49.1 Å². The Bertz CT molecular complexity index is 794. The van der Waals surface area contributed by atoms with Crippen molar-refractivity contribution in [3.63, 3.8) is 0 Å². The van der Waals surface area contributed by atoms with Crippen LogP contribution in [0.5, 0.6) is 11.5 Å². The topological polar surface area (TPSA) is 54.0 Å². The van der Waals surface area contributed by atoms with Gasteiger partial charge in [0.15, 0.2) is 11.5 Å². The smallest absolute Gasteiger partial charge is 0.321 e. The molecule has 6 heteroatoms. The van der Waals surface area contributed by atoms with Gasteiger partial charge in [-0.3, -0.25) is 0 Å². The fourth-order valence-electron chi connectivity index (χ4n) is 3.44. The summed E-state index contributed by atoms with van der Waals surface area (Å²) in [5.74, 6) is 1.43. The predicted molar refractivity (Wildman–Crippen MR) is 108 cm³/mol. The Hall–Kier alpha value is -2.89. The molecule has 0 saturated carbocycles. The van der Waals surface area contributed by atoms with Crippen molar-refractivity contribution in [3.05, 3.63) is 47.5 Å². The van der Waals surface area contributed by atoms with Crippen LogP contribution in [-0.4, -0.2) is 51.3 Å². The molecule has 1 fully saturated rings. The third-order valence-corrected chi connectivity index (χ3v) is 4.77. The number of hydrogen-bond donors (Lipinski definition) is 1. The number of carbonyl (C=O) groups is 1. The molecule has 6 nitrogen and oxygen atoms in total. The Kier molecular flexibility index (Phi) is 5.74. The molecule has 1 saturated heterocycles. The number of rotatable bonds is 4. The average Bonchev–Trinajstić information content (AvgIpc) is 2.66. The van der Waals surface area contributed by atoms with Gasteiger partial charge in [0.2, 0.25) is 0 Å². The van der Waals surface area contributed by atoms with Crippen molar-refractivity contribution >= 4 is 17.4 Å². The molecule has 0 aromatic heterocycles. The molecule has 2 aromatic rings. The van der Waals surface area contributed by atoms with E-state index in [4.69, 9.17) is 9.47 Å². The molecule has 0 aliphatic carbocycles. The molecule has 0 unspecified atom stereocenters. The number of nitrogens with one attached hydrogen (secondary N) is 1. The Labute approximate surface area is 160 Å². The molecule has 3 rings (SSSR count). The molecule has 0 atom stereocenters. The molecule has 27 heavy (non-hydrogen) atoms. The lowest BCUT2D eigenvalue weighted by Crippen LogP contribution is -2.50. The van der Waals surface area contributed by atoms with Crippen LogP contribution in [-0.2, 0) is 0 Å². The number of benzene rings is 2. The van der Waals surface area contributed by atoms with Crippen LogP contribution in [0.3, 0.4) is 0 Å². The Morgan fingerprint density at radius 3 is 2.11 bits per heavy atom. The molecule has 144 valence electrons. The van der Waals surface area contributed by atoms with Crippen molar-refractivity contribution in [2.24, 2.45) is 0 Å². The van der Waals surface area contributed by atoms with Crippen molar-refractivity contribution < 1.29 is 14.3 Å². The van der Waals surface area contributed by atoms with Crippen molar-refractivity contribution in [3.8, 4) is 11.5 Å². The Morgan fingerprint density at radius 2 is 1.52 bits per heavy atom. The fourth-order valence-corrected chi connectivity index (χ4v) is 3.44. The summed E-state index contributed by atoms with van der Waals surface area (Å²) in [4.78, 5) is 16.7. The van der Waals surface area contributed by atoms with Gasteiger partial charge in [0.05, 0.1) is 14.2 Å². The van der Waals surface area contributed by atoms with Gasteiger partial charge in [-0.25, -0.2) is 4.79 Å². The summed E-state index contributed by atoms with van der Waals surface area (Å²) in [6, 6.07) is 11.9. The van der Waals surface area contributed by atoms with Gasteiger partial charge in [-0.1, -0.05) is 6.07 Å². The van der Waals surface area contributed by atoms with Crippen LogP contribution in [0, 0.1) is 13.8 Å². The molecular weight excluding hydrogens is 342 g/mol. The highest BCUT2D eigenvalue weighted by Gasteiger charge is 2.22. The lowest BCUT2D eigenvalue weighted by Gasteiger charge is -2.36. The number of nitrogens with zero attached hydrogens (tertiary/aromatic N) is 2. The third-order valence-electron chi connectivity index (χ3n) is 4.77. The lowest BCUT2D eigenvalue weighted by molar-refractivity contribution is 0.208. The van der Waals surface area contributed by atoms with Crippen molar-refractivity contribution in [1.29, 1.82) is 0 Å². The van der Waals surface area contributed by atoms with Gasteiger partial charge < -0.3 is 24.6 Å². The van der Waals surface area contributed by atoms with E-state index in [0.29, 0.717) is 24.6 Å². The van der Waals surface area contributed by atoms with Gasteiger partial charge >= 0.3 is 6.03 Å². The average molecular weight is 369 g/mol. The standard InChI is InChI=1S/C21H27N3O3/c1-15-11-16(2)13-17(12-15)22-21(25)24-9-7-23(8-10-24)18-5-6-19(26-3)20(14-18)27-4/h5-6,11-14H,7-10H2,1-4H3,(H,22,25). The summed E-state index contributed by atoms with van der Waals surface area (Å²) in [5, 5.41) is 3.01. The Morgan fingerprint density at radius 1 is 0.889 bits per heavy atom. The summed E-state index contributed by atoms with van der Waals surface area (Å²) in [6.07, 6.45) is 0. The minimum absolute atomic E-state index is 0.0491. The van der Waals surface area contributed by atoms with Gasteiger partial charge in [0, 0.05) is 43.6 Å². The number of carbonyl (C=O) groups excluding carboxylic acids is 1. The lowest BCUT2D eigenvalue weighted by atomic mass is 10.1. The number of methoxy groups -OCH3 is 2. The first-order valence-corrected chi connectivity index (χ1v) is 9.11. The molecule has 0 bridgehead atoms. The maximum Gasteiger partial charge on any atom is 0.321 e. The number of anilines is 2. The molecule has 1 aliphatic rings. The number of piperazine rings is 1. The summed E-state index contributed by atoms with van der Waals surface area (Å²) in [5.41, 5.74) is 4.20. The van der Waals surface area contributed by atoms with Crippen LogP contribution in [0.25, 0.3) is 0 Å². The maximum absolute atomic E-state index is 12.6. The summed E-state index contributed by atoms with van der Waals surface area (Å²) < 4.78 is 10.7. The van der Waals surface area contributed by atoms with E-state index in [1.165, 1.54) is 0 Å². The molecular formula is C21H27N3O3. The van der Waals surface area contributed by atoms with Crippen LogP contribution in [0.15, 0.2) is 36.4 Å². The van der Waals surface area contributed by atoms with Crippen LogP contribution in [0.4, 0.5) is 16.2 Å². The highest BCUT2D eigenvalue weighted by Crippen LogP contribution is 2.31. The van der Waals surface area contributed by atoms with Crippen molar-refractivity contribution in [2.75, 3.05) is 50.6 Å². The number of urea groups is 1. The van der Waals surface area contributed by atoms with E-state index in [2.05, 4.69) is 16.3 Å². The number of aryl methyl sites for hydroxylation is 2. The second-order valence-corrected chi connectivity index (χ2v) is 6.82. The quantitative estimate of drug-likeness (QED) is 0.893. The van der Waals surface area contributed by atoms with Gasteiger partial charge in [-0.2, -0.15) is 0 Å². The minimum Gasteiger partial charge on any atom is -0.493 e. The first-order chi connectivity index (χ1) is 13.0. The molecule has 2 aromatic carbocycles. The molecule has 0 radical (unpaired) electrons. The second kappa shape index (κ2) is 8.20. The zero-order chi connectivity index (χ0) is 19.4. The van der Waals surface area contributed by atoms with E-state index in [-0.39, 0.29) is 6.03 Å². The summed E-state index contributed by atoms with van der Waals surface area (Å²) >= 11 is 0. The Balaban J connectivity index is 1.60. The van der Waals surface area contributed by atoms with Crippen LogP contribution < -0.4 is 19.7 Å². The van der Waals surface area contributed by atoms with Crippen LogP contribution in [0.1, 0.15) is 11.1 Å².